The molecule has 1 aliphatic rings. The molecule has 1 saturated heterocycles. The molecule has 9 heteroatoms. The number of H-pyrrole nitrogens is 1. The fourth-order valence-corrected chi connectivity index (χ4v) is 2.42. The third-order valence-corrected chi connectivity index (χ3v) is 3.64. The van der Waals surface area contributed by atoms with Crippen molar-refractivity contribution >= 4 is 22.0 Å². The van der Waals surface area contributed by atoms with Crippen LogP contribution >= 0.6 is 15.9 Å². The summed E-state index contributed by atoms with van der Waals surface area (Å²) in [5, 5.41) is 9.49. The third-order valence-electron chi connectivity index (χ3n) is 3.00. The van der Waals surface area contributed by atoms with Gasteiger partial charge in [0.05, 0.1) is 5.56 Å². The minimum atomic E-state index is -3.67. The van der Waals surface area contributed by atoms with E-state index in [1.807, 2.05) is 4.98 Å². The fraction of sp³-hybridized carbons (Fsp3) is 0.455. The molecular formula is C11H11BrF2N2O4. The Bertz CT molecular complexity index is 642. The maximum atomic E-state index is 14.0. The highest BCUT2D eigenvalue weighted by molar-refractivity contribution is 9.09. The van der Waals surface area contributed by atoms with Gasteiger partial charge in [0, 0.05) is 11.5 Å². The van der Waals surface area contributed by atoms with Crippen LogP contribution in [0.1, 0.15) is 11.8 Å². The topological polar surface area (TPSA) is 84.3 Å². The van der Waals surface area contributed by atoms with E-state index < -0.39 is 35.6 Å². The molecule has 2 heterocycles. The molecule has 0 saturated carbocycles. The molecule has 0 unspecified atom stereocenters. The summed E-state index contributed by atoms with van der Waals surface area (Å²) in [5.74, 6) is -3.67. The molecule has 1 aromatic rings. The molecule has 0 radical (unpaired) electrons. The lowest BCUT2D eigenvalue weighted by molar-refractivity contribution is -0.140. The van der Waals surface area contributed by atoms with Gasteiger partial charge in [-0.3, -0.25) is 14.3 Å². The number of aliphatic hydroxyl groups is 1. The Labute approximate surface area is 119 Å². The molecule has 3 atom stereocenters. The van der Waals surface area contributed by atoms with Crippen molar-refractivity contribution in [2.75, 3.05) is 5.33 Å². The lowest BCUT2D eigenvalue weighted by Crippen LogP contribution is -2.42. The Hall–Kier alpha value is -1.32. The monoisotopic (exact) mass is 352 g/mol. The van der Waals surface area contributed by atoms with Gasteiger partial charge < -0.3 is 9.84 Å². The zero-order valence-corrected chi connectivity index (χ0v) is 11.6. The number of alkyl halides is 3. The van der Waals surface area contributed by atoms with Gasteiger partial charge in [0.25, 0.3) is 5.56 Å². The highest BCUT2D eigenvalue weighted by Crippen LogP contribution is 2.42. The number of nitrogens with one attached hydrogen (secondary N) is 1. The Morgan fingerprint density at radius 2 is 2.25 bits per heavy atom. The van der Waals surface area contributed by atoms with Crippen molar-refractivity contribution in [3.05, 3.63) is 39.2 Å². The molecule has 1 fully saturated rings. The average Bonchev–Trinajstić information content (AvgIpc) is 2.62. The van der Waals surface area contributed by atoms with Crippen molar-refractivity contribution in [2.45, 2.75) is 24.4 Å². The van der Waals surface area contributed by atoms with Crippen LogP contribution in [0, 0.1) is 0 Å². The fourth-order valence-electron chi connectivity index (χ4n) is 1.92. The SMILES string of the molecule is C=Cc1cn([C@@H]2O[C@H](CBr)[C@@H](O)C2(F)F)c(=O)[nH]c1=O. The van der Waals surface area contributed by atoms with Gasteiger partial charge in [0.15, 0.2) is 0 Å². The average molecular weight is 353 g/mol. The summed E-state index contributed by atoms with van der Waals surface area (Å²) in [4.78, 5) is 24.9. The molecule has 0 aliphatic carbocycles. The summed E-state index contributed by atoms with van der Waals surface area (Å²) >= 11 is 2.95. The first-order valence-electron chi connectivity index (χ1n) is 5.58. The second-order valence-electron chi connectivity index (χ2n) is 4.26. The van der Waals surface area contributed by atoms with E-state index in [0.717, 1.165) is 12.3 Å². The van der Waals surface area contributed by atoms with E-state index in [2.05, 4.69) is 22.5 Å². The number of hydrogen-bond donors (Lipinski definition) is 2. The van der Waals surface area contributed by atoms with Crippen LogP contribution in [0.25, 0.3) is 6.08 Å². The number of aliphatic hydroxyl groups excluding tert-OH is 1. The molecule has 1 aromatic heterocycles. The second-order valence-corrected chi connectivity index (χ2v) is 4.90. The Balaban J connectivity index is 2.54. The zero-order valence-electron chi connectivity index (χ0n) is 10.1. The van der Waals surface area contributed by atoms with Gasteiger partial charge >= 0.3 is 11.6 Å². The number of aromatic nitrogens is 2. The van der Waals surface area contributed by atoms with Gasteiger partial charge in [-0.1, -0.05) is 28.6 Å². The number of rotatable bonds is 3. The van der Waals surface area contributed by atoms with Crippen molar-refractivity contribution < 1.29 is 18.6 Å². The van der Waals surface area contributed by atoms with Crippen LogP contribution in [-0.4, -0.2) is 38.1 Å². The van der Waals surface area contributed by atoms with E-state index in [9.17, 15) is 23.5 Å². The zero-order chi connectivity index (χ0) is 15.1. The summed E-state index contributed by atoms with van der Waals surface area (Å²) < 4.78 is 33.5. The van der Waals surface area contributed by atoms with Crippen molar-refractivity contribution in [1.82, 2.24) is 9.55 Å². The maximum absolute atomic E-state index is 14.0. The Morgan fingerprint density at radius 3 is 2.75 bits per heavy atom. The molecule has 6 nitrogen and oxygen atoms in total. The van der Waals surface area contributed by atoms with Crippen molar-refractivity contribution in [2.24, 2.45) is 0 Å². The summed E-state index contributed by atoms with van der Waals surface area (Å²) in [5.41, 5.74) is -1.84. The van der Waals surface area contributed by atoms with Crippen LogP contribution in [0.15, 0.2) is 22.4 Å². The quantitative estimate of drug-likeness (QED) is 0.774. The standard InChI is InChI=1S/C11H11BrF2N2O4/c1-2-5-4-16(10(19)15-8(5)18)9-11(13,14)7(17)6(3-12)20-9/h2,4,6-7,9,17H,1,3H2,(H,15,18,19)/t6-,7-,9-/m1/s1. The predicted octanol–water partition coefficient (Wildman–Crippen LogP) is 0.468. The molecular weight excluding hydrogens is 342 g/mol. The minimum Gasteiger partial charge on any atom is -0.384 e. The van der Waals surface area contributed by atoms with Gasteiger partial charge in [-0.25, -0.2) is 4.79 Å². The normalized spacial score (nSPS) is 28.5. The van der Waals surface area contributed by atoms with Gasteiger partial charge in [-0.05, 0) is 0 Å². The van der Waals surface area contributed by atoms with E-state index in [4.69, 9.17) is 4.74 Å². The molecule has 0 spiro atoms. The summed E-state index contributed by atoms with van der Waals surface area (Å²) in [6.07, 6.45) is -3.17. The Kier molecular flexibility index (Phi) is 3.94. The van der Waals surface area contributed by atoms with Crippen LogP contribution in [-0.2, 0) is 4.74 Å². The minimum absolute atomic E-state index is 0.0212. The lowest BCUT2D eigenvalue weighted by Gasteiger charge is -2.21. The lowest BCUT2D eigenvalue weighted by atomic mass is 10.1. The molecule has 0 bridgehead atoms. The van der Waals surface area contributed by atoms with Gasteiger partial charge in [-0.15, -0.1) is 0 Å². The molecule has 0 amide bonds. The third kappa shape index (κ3) is 2.25. The highest BCUT2D eigenvalue weighted by Gasteiger charge is 2.59. The summed E-state index contributed by atoms with van der Waals surface area (Å²) in [6.45, 7) is 3.35. The molecule has 2 N–H and O–H groups in total. The number of hydrogen-bond acceptors (Lipinski definition) is 4. The first-order chi connectivity index (χ1) is 9.32. The molecule has 20 heavy (non-hydrogen) atoms. The van der Waals surface area contributed by atoms with Gasteiger partial charge in [0.2, 0.25) is 6.23 Å². The van der Waals surface area contributed by atoms with Crippen LogP contribution in [0.2, 0.25) is 0 Å². The van der Waals surface area contributed by atoms with Crippen molar-refractivity contribution in [3.8, 4) is 0 Å². The number of nitrogens with zero attached hydrogens (tertiary/aromatic N) is 1. The van der Waals surface area contributed by atoms with E-state index in [1.165, 1.54) is 0 Å². The van der Waals surface area contributed by atoms with E-state index in [0.29, 0.717) is 4.57 Å². The van der Waals surface area contributed by atoms with Crippen molar-refractivity contribution in [1.29, 1.82) is 0 Å². The van der Waals surface area contributed by atoms with Gasteiger partial charge in [0.1, 0.15) is 12.2 Å². The van der Waals surface area contributed by atoms with E-state index >= 15 is 0 Å². The number of aromatic amines is 1. The maximum Gasteiger partial charge on any atom is 0.330 e. The number of halogens is 3. The molecule has 0 aromatic carbocycles. The van der Waals surface area contributed by atoms with Crippen LogP contribution < -0.4 is 11.2 Å². The Morgan fingerprint density at radius 1 is 1.60 bits per heavy atom. The van der Waals surface area contributed by atoms with Crippen LogP contribution in [0.4, 0.5) is 8.78 Å². The number of ether oxygens (including phenoxy) is 1. The van der Waals surface area contributed by atoms with Gasteiger partial charge in [-0.2, -0.15) is 8.78 Å². The summed E-state index contributed by atoms with van der Waals surface area (Å²) in [6, 6.07) is 0. The largest absolute Gasteiger partial charge is 0.384 e. The van der Waals surface area contributed by atoms with E-state index in [-0.39, 0.29) is 10.9 Å². The highest BCUT2D eigenvalue weighted by atomic mass is 79.9. The van der Waals surface area contributed by atoms with Crippen LogP contribution in [0.5, 0.6) is 0 Å². The smallest absolute Gasteiger partial charge is 0.330 e. The molecule has 2 rings (SSSR count). The molecule has 110 valence electrons. The second kappa shape index (κ2) is 5.23. The van der Waals surface area contributed by atoms with Crippen LogP contribution in [0.3, 0.4) is 0 Å². The van der Waals surface area contributed by atoms with E-state index in [1.54, 1.807) is 0 Å². The van der Waals surface area contributed by atoms with Crippen molar-refractivity contribution in [3.63, 3.8) is 0 Å². The first-order valence-corrected chi connectivity index (χ1v) is 6.70. The first kappa shape index (κ1) is 15.1. The predicted molar refractivity (Wildman–Crippen MR) is 70.1 cm³/mol. The molecule has 1 aliphatic heterocycles. The summed E-state index contributed by atoms with van der Waals surface area (Å²) in [7, 11) is 0.